The van der Waals surface area contributed by atoms with Crippen LogP contribution in [-0.4, -0.2) is 34.5 Å². The molecule has 6 heteroatoms. The predicted molar refractivity (Wildman–Crippen MR) is 86.9 cm³/mol. The molecule has 1 N–H and O–H groups in total. The molecule has 1 aliphatic heterocycles. The molecular weight excluding hydrogens is 292 g/mol. The van der Waals surface area contributed by atoms with Gasteiger partial charge in [0.2, 0.25) is 11.8 Å². The summed E-state index contributed by atoms with van der Waals surface area (Å²) in [6.45, 7) is 3.58. The summed E-state index contributed by atoms with van der Waals surface area (Å²) < 4.78 is 1.98. The van der Waals surface area contributed by atoms with Crippen LogP contribution in [0, 0.1) is 12.8 Å². The van der Waals surface area contributed by atoms with Crippen molar-refractivity contribution >= 4 is 17.5 Å². The van der Waals surface area contributed by atoms with Gasteiger partial charge in [-0.3, -0.25) is 9.59 Å². The van der Waals surface area contributed by atoms with Crippen molar-refractivity contribution < 1.29 is 9.59 Å². The highest BCUT2D eigenvalue weighted by atomic mass is 16.2. The van der Waals surface area contributed by atoms with Crippen LogP contribution in [0.5, 0.6) is 0 Å². The van der Waals surface area contributed by atoms with Crippen molar-refractivity contribution in [1.82, 2.24) is 14.9 Å². The molecule has 0 radical (unpaired) electrons. The van der Waals surface area contributed by atoms with Crippen LogP contribution in [0.15, 0.2) is 42.7 Å². The van der Waals surface area contributed by atoms with Crippen molar-refractivity contribution in [3.63, 3.8) is 0 Å². The van der Waals surface area contributed by atoms with E-state index in [1.165, 1.54) is 0 Å². The average molecular weight is 312 g/mol. The van der Waals surface area contributed by atoms with E-state index in [9.17, 15) is 9.59 Å². The summed E-state index contributed by atoms with van der Waals surface area (Å²) in [7, 11) is 0. The van der Waals surface area contributed by atoms with Crippen LogP contribution < -0.4 is 10.2 Å². The number of hydrogen-bond acceptors (Lipinski definition) is 3. The minimum atomic E-state index is -0.286. The number of anilines is 1. The number of nitrogens with one attached hydrogen (secondary N) is 1. The van der Waals surface area contributed by atoms with Crippen LogP contribution in [0.25, 0.3) is 0 Å². The van der Waals surface area contributed by atoms with Crippen molar-refractivity contribution in [2.75, 3.05) is 18.0 Å². The zero-order valence-electron chi connectivity index (χ0n) is 13.1. The topological polar surface area (TPSA) is 67.2 Å². The van der Waals surface area contributed by atoms with Gasteiger partial charge in [0.1, 0.15) is 5.82 Å². The van der Waals surface area contributed by atoms with E-state index in [1.807, 2.05) is 48.0 Å². The molecule has 6 nitrogen and oxygen atoms in total. The van der Waals surface area contributed by atoms with Crippen molar-refractivity contribution in [3.05, 3.63) is 48.5 Å². The molecule has 0 saturated carbocycles. The van der Waals surface area contributed by atoms with E-state index in [0.717, 1.165) is 11.5 Å². The van der Waals surface area contributed by atoms with Crippen LogP contribution in [0.3, 0.4) is 0 Å². The van der Waals surface area contributed by atoms with E-state index < -0.39 is 0 Å². The number of hydrogen-bond donors (Lipinski definition) is 1. The summed E-state index contributed by atoms with van der Waals surface area (Å²) in [4.78, 5) is 30.2. The Morgan fingerprint density at radius 2 is 2.13 bits per heavy atom. The monoisotopic (exact) mass is 312 g/mol. The van der Waals surface area contributed by atoms with Gasteiger partial charge in [-0.1, -0.05) is 18.2 Å². The summed E-state index contributed by atoms with van der Waals surface area (Å²) in [6.07, 6.45) is 3.90. The maximum Gasteiger partial charge on any atom is 0.227 e. The van der Waals surface area contributed by atoms with Crippen LogP contribution in [-0.2, 0) is 16.1 Å². The van der Waals surface area contributed by atoms with E-state index in [2.05, 4.69) is 10.3 Å². The third-order valence-electron chi connectivity index (χ3n) is 4.14. The molecule has 23 heavy (non-hydrogen) atoms. The average Bonchev–Trinajstić information content (AvgIpc) is 3.14. The summed E-state index contributed by atoms with van der Waals surface area (Å²) in [5, 5.41) is 2.92. The van der Waals surface area contributed by atoms with E-state index in [4.69, 9.17) is 0 Å². The molecule has 1 aromatic carbocycles. The minimum absolute atomic E-state index is 0.00167. The molecule has 1 aliphatic rings. The fourth-order valence-corrected chi connectivity index (χ4v) is 2.82. The first-order valence-corrected chi connectivity index (χ1v) is 7.76. The molecule has 1 aromatic heterocycles. The van der Waals surface area contributed by atoms with E-state index in [0.29, 0.717) is 19.6 Å². The lowest BCUT2D eigenvalue weighted by Crippen LogP contribution is -2.34. The van der Waals surface area contributed by atoms with Gasteiger partial charge in [0, 0.05) is 44.1 Å². The fourth-order valence-electron chi connectivity index (χ4n) is 2.82. The Labute approximate surface area is 135 Å². The number of carbonyl (C=O) groups excluding carboxylic acids is 2. The molecule has 120 valence electrons. The van der Waals surface area contributed by atoms with Crippen molar-refractivity contribution in [1.29, 1.82) is 0 Å². The van der Waals surface area contributed by atoms with E-state index >= 15 is 0 Å². The molecule has 1 fully saturated rings. The summed E-state index contributed by atoms with van der Waals surface area (Å²) >= 11 is 0. The standard InChI is InChI=1S/C17H20N4O2/c1-13-18-7-9-20(13)10-8-19-17(23)14-11-16(22)21(12-14)15-5-3-2-4-6-15/h2-7,9,14H,8,10-12H2,1H3,(H,19,23). The predicted octanol–water partition coefficient (Wildman–Crippen LogP) is 1.36. The number of amides is 2. The van der Waals surface area contributed by atoms with Crippen LogP contribution >= 0.6 is 0 Å². The van der Waals surface area contributed by atoms with Gasteiger partial charge < -0.3 is 14.8 Å². The number of rotatable bonds is 5. The zero-order chi connectivity index (χ0) is 16.2. The van der Waals surface area contributed by atoms with Crippen molar-refractivity contribution in [3.8, 4) is 0 Å². The molecule has 2 heterocycles. The van der Waals surface area contributed by atoms with Crippen LogP contribution in [0.2, 0.25) is 0 Å². The quantitative estimate of drug-likeness (QED) is 0.906. The molecule has 1 unspecified atom stereocenters. The van der Waals surface area contributed by atoms with Gasteiger partial charge in [-0.15, -0.1) is 0 Å². The lowest BCUT2D eigenvalue weighted by Gasteiger charge is -2.16. The lowest BCUT2D eigenvalue weighted by molar-refractivity contribution is -0.126. The molecule has 0 spiro atoms. The minimum Gasteiger partial charge on any atom is -0.354 e. The molecule has 1 saturated heterocycles. The molecule has 2 amide bonds. The summed E-state index contributed by atoms with van der Waals surface area (Å²) in [5.74, 6) is 0.577. The fraction of sp³-hybridized carbons (Fsp3) is 0.353. The Kier molecular flexibility index (Phi) is 4.41. The Morgan fingerprint density at radius 1 is 1.35 bits per heavy atom. The Hall–Kier alpha value is -2.63. The SMILES string of the molecule is Cc1nccn1CCNC(=O)C1CC(=O)N(c2ccccc2)C1. The number of imidazole rings is 1. The first-order valence-electron chi connectivity index (χ1n) is 7.76. The number of para-hydroxylation sites is 1. The number of aryl methyl sites for hydroxylation is 1. The molecule has 0 aliphatic carbocycles. The van der Waals surface area contributed by atoms with Gasteiger partial charge in [0.25, 0.3) is 0 Å². The number of carbonyl (C=O) groups is 2. The molecule has 0 bridgehead atoms. The highest BCUT2D eigenvalue weighted by molar-refractivity contribution is 6.00. The second-order valence-electron chi connectivity index (χ2n) is 5.70. The zero-order valence-corrected chi connectivity index (χ0v) is 13.1. The Bertz CT molecular complexity index is 696. The third kappa shape index (κ3) is 3.41. The van der Waals surface area contributed by atoms with Crippen molar-refractivity contribution in [2.24, 2.45) is 5.92 Å². The maximum atomic E-state index is 12.3. The number of aromatic nitrogens is 2. The second-order valence-corrected chi connectivity index (χ2v) is 5.70. The van der Waals surface area contributed by atoms with Gasteiger partial charge in [0.15, 0.2) is 0 Å². The smallest absolute Gasteiger partial charge is 0.227 e. The third-order valence-corrected chi connectivity index (χ3v) is 4.14. The van der Waals surface area contributed by atoms with Crippen molar-refractivity contribution in [2.45, 2.75) is 19.9 Å². The van der Waals surface area contributed by atoms with Gasteiger partial charge >= 0.3 is 0 Å². The molecule has 1 atom stereocenters. The lowest BCUT2D eigenvalue weighted by atomic mass is 10.1. The van der Waals surface area contributed by atoms with Crippen LogP contribution in [0.1, 0.15) is 12.2 Å². The second kappa shape index (κ2) is 6.64. The number of nitrogens with zero attached hydrogens (tertiary/aromatic N) is 3. The van der Waals surface area contributed by atoms with Gasteiger partial charge in [-0.2, -0.15) is 0 Å². The van der Waals surface area contributed by atoms with Gasteiger partial charge in [0.05, 0.1) is 5.92 Å². The Morgan fingerprint density at radius 3 is 2.83 bits per heavy atom. The first kappa shape index (κ1) is 15.3. The molecule has 2 aromatic rings. The highest BCUT2D eigenvalue weighted by Gasteiger charge is 2.34. The van der Waals surface area contributed by atoms with E-state index in [-0.39, 0.29) is 24.2 Å². The van der Waals surface area contributed by atoms with Crippen LogP contribution in [0.4, 0.5) is 5.69 Å². The summed E-state index contributed by atoms with van der Waals surface area (Å²) in [5.41, 5.74) is 0.849. The normalized spacial score (nSPS) is 17.5. The van der Waals surface area contributed by atoms with E-state index in [1.54, 1.807) is 11.1 Å². The largest absolute Gasteiger partial charge is 0.354 e. The summed E-state index contributed by atoms with van der Waals surface area (Å²) in [6, 6.07) is 9.47. The first-order chi connectivity index (χ1) is 11.1. The molecule has 3 rings (SSSR count). The molecular formula is C17H20N4O2. The highest BCUT2D eigenvalue weighted by Crippen LogP contribution is 2.24. The maximum absolute atomic E-state index is 12.3. The Balaban J connectivity index is 1.53. The van der Waals surface area contributed by atoms with Gasteiger partial charge in [-0.25, -0.2) is 4.98 Å². The van der Waals surface area contributed by atoms with Gasteiger partial charge in [-0.05, 0) is 19.1 Å². The number of benzene rings is 1.